The van der Waals surface area contributed by atoms with Crippen molar-refractivity contribution in [3.8, 4) is 0 Å². The summed E-state index contributed by atoms with van der Waals surface area (Å²) in [5, 5.41) is 0. The van der Waals surface area contributed by atoms with E-state index in [1.807, 2.05) is 0 Å². The van der Waals surface area contributed by atoms with Gasteiger partial charge in [0.05, 0.1) is 26.4 Å². The normalized spacial score (nSPS) is 11.1. The lowest BCUT2D eigenvalue weighted by atomic mass is 10.8. The van der Waals surface area contributed by atoms with Gasteiger partial charge in [0.1, 0.15) is 13.6 Å². The Labute approximate surface area is 138 Å². The molecule has 0 amide bonds. The fraction of sp³-hybridized carbons (Fsp3) is 1.00. The number of rotatable bonds is 16. The van der Waals surface area contributed by atoms with Crippen LogP contribution >= 0.6 is 56.7 Å². The van der Waals surface area contributed by atoms with Crippen LogP contribution in [0.4, 0.5) is 0 Å². The van der Waals surface area contributed by atoms with Gasteiger partial charge in [-0.2, -0.15) is 25.3 Å². The molecule has 4 nitrogen and oxygen atoms in total. The molecule has 0 N–H and O–H groups in total. The van der Waals surface area contributed by atoms with Crippen LogP contribution in [0.15, 0.2) is 0 Å². The van der Waals surface area contributed by atoms with Gasteiger partial charge in [-0.05, 0) is 9.83 Å². The van der Waals surface area contributed by atoms with E-state index in [1.54, 1.807) is 31.4 Å². The molecule has 0 aliphatic carbocycles. The molecule has 0 aliphatic heterocycles. The van der Waals surface area contributed by atoms with Crippen LogP contribution in [-0.4, -0.2) is 63.0 Å². The Morgan fingerprint density at radius 2 is 1.05 bits per heavy atom. The molecule has 9 heteroatoms. The molecule has 0 atom stereocenters. The van der Waals surface area contributed by atoms with Crippen LogP contribution in [0.25, 0.3) is 0 Å². The average Bonchev–Trinajstić information content (AvgIpc) is 2.43. The Morgan fingerprint density at radius 1 is 0.632 bits per heavy atom. The van der Waals surface area contributed by atoms with Crippen molar-refractivity contribution in [2.75, 3.05) is 63.0 Å². The van der Waals surface area contributed by atoms with Crippen LogP contribution in [0.1, 0.15) is 0 Å². The maximum Gasteiger partial charge on any atom is 0.146 e. The summed E-state index contributed by atoms with van der Waals surface area (Å²) in [5.41, 5.74) is 0. The van der Waals surface area contributed by atoms with E-state index in [0.717, 1.165) is 23.0 Å². The third kappa shape index (κ3) is 19.6. The van der Waals surface area contributed by atoms with Crippen molar-refractivity contribution in [3.05, 3.63) is 0 Å². The zero-order valence-electron chi connectivity index (χ0n) is 10.8. The molecule has 19 heavy (non-hydrogen) atoms. The summed E-state index contributed by atoms with van der Waals surface area (Å²) in [6.07, 6.45) is 0. The monoisotopic (exact) mass is 366 g/mol. The molecule has 0 aromatic rings. The largest absolute Gasteiger partial charge is 0.355 e. The summed E-state index contributed by atoms with van der Waals surface area (Å²) in [6, 6.07) is 0. The maximum absolute atomic E-state index is 5.27. The maximum atomic E-state index is 5.27. The van der Waals surface area contributed by atoms with Gasteiger partial charge in [-0.25, -0.2) is 0 Å². The van der Waals surface area contributed by atoms with Crippen molar-refractivity contribution in [1.29, 1.82) is 0 Å². The van der Waals surface area contributed by atoms with Gasteiger partial charge >= 0.3 is 0 Å². The lowest BCUT2D eigenvalue weighted by Crippen LogP contribution is -2.04. The molecule has 0 spiro atoms. The van der Waals surface area contributed by atoms with Crippen molar-refractivity contribution in [2.24, 2.45) is 0 Å². The number of thiol groups is 2. The minimum absolute atomic E-state index is 0.360. The second-order valence-electron chi connectivity index (χ2n) is 3.03. The third-order valence-electron chi connectivity index (χ3n) is 1.52. The first kappa shape index (κ1) is 20.6. The van der Waals surface area contributed by atoms with E-state index >= 15 is 0 Å². The molecule has 0 aliphatic rings. The molecule has 0 aromatic heterocycles. The van der Waals surface area contributed by atoms with E-state index in [-0.39, 0.29) is 0 Å². The minimum Gasteiger partial charge on any atom is -0.355 e. The predicted octanol–water partition coefficient (Wildman–Crippen LogP) is 2.86. The Morgan fingerprint density at radius 3 is 1.47 bits per heavy atom. The fourth-order valence-electron chi connectivity index (χ4n) is 0.771. The van der Waals surface area contributed by atoms with Gasteiger partial charge in [0, 0.05) is 23.0 Å². The third-order valence-corrected chi connectivity index (χ3v) is 6.06. The Bertz CT molecular complexity index is 151. The van der Waals surface area contributed by atoms with Gasteiger partial charge in [0.15, 0.2) is 0 Å². The molecule has 116 valence electrons. The first-order valence-electron chi connectivity index (χ1n) is 5.85. The van der Waals surface area contributed by atoms with E-state index < -0.39 is 0 Å². The highest BCUT2D eigenvalue weighted by atomic mass is 33.5. The molecule has 0 heterocycles. The standard InChI is InChI=1S/C10H22O4S5/c15-5-1-11-9-13-3-7-17-19-18-8-4-14-10-12-2-6-16/h15-16H,1-10H2. The smallest absolute Gasteiger partial charge is 0.146 e. The summed E-state index contributed by atoms with van der Waals surface area (Å²) in [5.74, 6) is 3.36. The first-order chi connectivity index (χ1) is 9.41. The van der Waals surface area contributed by atoms with Crippen LogP contribution in [0.2, 0.25) is 0 Å². The number of hydrogen-bond acceptors (Lipinski definition) is 9. The van der Waals surface area contributed by atoms with Gasteiger partial charge in [-0.3, -0.25) is 0 Å². The highest BCUT2D eigenvalue weighted by Gasteiger charge is 1.94. The highest BCUT2D eigenvalue weighted by Crippen LogP contribution is 2.33. The SMILES string of the molecule is SCCOCOCCSSSCCOCOCCS. The second-order valence-corrected chi connectivity index (χ2v) is 8.39. The first-order valence-corrected chi connectivity index (χ1v) is 10.9. The van der Waals surface area contributed by atoms with Gasteiger partial charge in [0.25, 0.3) is 0 Å². The van der Waals surface area contributed by atoms with Crippen molar-refractivity contribution < 1.29 is 18.9 Å². The van der Waals surface area contributed by atoms with Gasteiger partial charge in [-0.15, -0.1) is 0 Å². The van der Waals surface area contributed by atoms with Crippen molar-refractivity contribution in [1.82, 2.24) is 0 Å². The summed E-state index contributed by atoms with van der Waals surface area (Å²) < 4.78 is 20.8. The molecule has 0 bridgehead atoms. The molecular weight excluding hydrogens is 344 g/mol. The van der Waals surface area contributed by atoms with Crippen LogP contribution in [-0.2, 0) is 18.9 Å². The van der Waals surface area contributed by atoms with Crippen molar-refractivity contribution in [3.63, 3.8) is 0 Å². The molecule has 0 rings (SSSR count). The molecule has 0 fully saturated rings. The van der Waals surface area contributed by atoms with Crippen LogP contribution in [0.5, 0.6) is 0 Å². The minimum atomic E-state index is 0.360. The molecule has 0 saturated heterocycles. The molecule has 0 aromatic carbocycles. The predicted molar refractivity (Wildman–Crippen MR) is 93.8 cm³/mol. The summed E-state index contributed by atoms with van der Waals surface area (Å²) in [4.78, 5) is 0. The molecule has 0 radical (unpaired) electrons. The Balaban J connectivity index is 2.88. The van der Waals surface area contributed by atoms with Crippen LogP contribution in [0.3, 0.4) is 0 Å². The molecular formula is C10H22O4S5. The van der Waals surface area contributed by atoms with Gasteiger partial charge < -0.3 is 18.9 Å². The lowest BCUT2D eigenvalue weighted by molar-refractivity contribution is -0.0426. The van der Waals surface area contributed by atoms with Gasteiger partial charge in [-0.1, -0.05) is 21.6 Å². The van der Waals surface area contributed by atoms with E-state index in [4.69, 9.17) is 18.9 Å². The summed E-state index contributed by atoms with van der Waals surface area (Å²) >= 11 is 8.06. The van der Waals surface area contributed by atoms with E-state index in [9.17, 15) is 0 Å². The fourth-order valence-corrected chi connectivity index (χ4v) is 4.46. The Kier molecular flexibility index (Phi) is 21.2. The van der Waals surface area contributed by atoms with Crippen LogP contribution < -0.4 is 0 Å². The quantitative estimate of drug-likeness (QED) is 0.188. The molecule has 0 saturated carbocycles. The zero-order valence-corrected chi connectivity index (χ0v) is 15.1. The molecule has 0 unspecified atom stereocenters. The second kappa shape index (κ2) is 19.6. The van der Waals surface area contributed by atoms with E-state index in [2.05, 4.69) is 25.3 Å². The van der Waals surface area contributed by atoms with Crippen molar-refractivity contribution in [2.45, 2.75) is 0 Å². The number of hydrogen-bond donors (Lipinski definition) is 2. The average molecular weight is 367 g/mol. The Hall–Kier alpha value is 1.59. The topological polar surface area (TPSA) is 36.9 Å². The van der Waals surface area contributed by atoms with E-state index in [0.29, 0.717) is 40.0 Å². The summed E-state index contributed by atoms with van der Waals surface area (Å²) in [7, 11) is 5.31. The van der Waals surface area contributed by atoms with E-state index in [1.165, 1.54) is 0 Å². The highest BCUT2D eigenvalue weighted by molar-refractivity contribution is 9.09. The summed E-state index contributed by atoms with van der Waals surface area (Å²) in [6.45, 7) is 3.41. The number of ether oxygens (including phenoxy) is 4. The lowest BCUT2D eigenvalue weighted by Gasteiger charge is -2.05. The van der Waals surface area contributed by atoms with Crippen LogP contribution in [0, 0.1) is 0 Å². The zero-order chi connectivity index (χ0) is 14.0. The van der Waals surface area contributed by atoms with Gasteiger partial charge in [0.2, 0.25) is 0 Å². The van der Waals surface area contributed by atoms with Crippen molar-refractivity contribution >= 4 is 56.7 Å².